The quantitative estimate of drug-likeness (QED) is 0.460. The number of aromatic hydroxyl groups is 1. The Labute approximate surface area is 66.3 Å². The lowest BCUT2D eigenvalue weighted by Crippen LogP contribution is -2.01. The Hall–Kier alpha value is -1.07. The Bertz CT molecular complexity index is 276. The maximum atomic E-state index is 10.2. The van der Waals surface area contributed by atoms with Gasteiger partial charge in [0.2, 0.25) is 0 Å². The molecule has 0 heterocycles. The van der Waals surface area contributed by atoms with E-state index >= 15 is 0 Å². The van der Waals surface area contributed by atoms with Gasteiger partial charge in [-0.25, -0.2) is 4.21 Å². The van der Waals surface area contributed by atoms with Crippen molar-refractivity contribution in [1.82, 2.24) is 0 Å². The zero-order chi connectivity index (χ0) is 8.27. The van der Waals surface area contributed by atoms with Gasteiger partial charge in [0.05, 0.1) is 5.69 Å². The molecular weight excluding hydrogens is 166 g/mol. The molecule has 0 bridgehead atoms. The van der Waals surface area contributed by atoms with E-state index in [0.717, 1.165) is 0 Å². The number of benzene rings is 1. The Morgan fingerprint density at radius 2 is 2.00 bits per heavy atom. The van der Waals surface area contributed by atoms with Crippen molar-refractivity contribution in [3.8, 4) is 5.75 Å². The molecule has 11 heavy (non-hydrogen) atoms. The third-order valence-electron chi connectivity index (χ3n) is 1.10. The molecule has 0 radical (unpaired) electrons. The van der Waals surface area contributed by atoms with Crippen molar-refractivity contribution in [1.29, 1.82) is 0 Å². The van der Waals surface area contributed by atoms with Crippen LogP contribution < -0.4 is 4.72 Å². The molecule has 0 saturated heterocycles. The van der Waals surface area contributed by atoms with Crippen LogP contribution in [0.1, 0.15) is 0 Å². The highest BCUT2D eigenvalue weighted by Crippen LogP contribution is 2.21. The monoisotopic (exact) mass is 173 g/mol. The molecule has 1 atom stereocenters. The van der Waals surface area contributed by atoms with Crippen LogP contribution in [-0.2, 0) is 11.3 Å². The molecule has 3 N–H and O–H groups in total. The van der Waals surface area contributed by atoms with Gasteiger partial charge in [-0.1, -0.05) is 12.1 Å². The van der Waals surface area contributed by atoms with Crippen LogP contribution in [0.2, 0.25) is 0 Å². The van der Waals surface area contributed by atoms with Gasteiger partial charge in [-0.3, -0.25) is 9.27 Å². The summed E-state index contributed by atoms with van der Waals surface area (Å²) in [5.74, 6) is -0.0464. The van der Waals surface area contributed by atoms with Gasteiger partial charge >= 0.3 is 0 Å². The second kappa shape index (κ2) is 3.36. The molecule has 5 heteroatoms. The Kier molecular flexibility index (Phi) is 2.45. The van der Waals surface area contributed by atoms with Crippen LogP contribution in [0, 0.1) is 0 Å². The van der Waals surface area contributed by atoms with Crippen molar-refractivity contribution < 1.29 is 13.9 Å². The summed E-state index contributed by atoms with van der Waals surface area (Å²) >= 11 is -2.14. The second-order valence-corrected chi connectivity index (χ2v) is 2.57. The van der Waals surface area contributed by atoms with Crippen molar-refractivity contribution in [2.24, 2.45) is 0 Å². The molecule has 0 aliphatic heterocycles. The molecule has 0 fully saturated rings. The van der Waals surface area contributed by atoms with Crippen molar-refractivity contribution in [3.63, 3.8) is 0 Å². The molecule has 1 aromatic rings. The zero-order valence-electron chi connectivity index (χ0n) is 5.52. The average molecular weight is 173 g/mol. The number of nitrogens with one attached hydrogen (secondary N) is 1. The Balaban J connectivity index is 2.86. The van der Waals surface area contributed by atoms with Crippen molar-refractivity contribution >= 4 is 17.0 Å². The van der Waals surface area contributed by atoms with E-state index in [9.17, 15) is 4.21 Å². The molecular formula is C6H7NO3S. The summed E-state index contributed by atoms with van der Waals surface area (Å²) in [6.07, 6.45) is 0. The summed E-state index contributed by atoms with van der Waals surface area (Å²) in [7, 11) is 0. The molecule has 0 aromatic heterocycles. The SMILES string of the molecule is O=S(O)Nc1ccccc1O. The van der Waals surface area contributed by atoms with Crippen molar-refractivity contribution in [2.45, 2.75) is 0 Å². The maximum Gasteiger partial charge on any atom is 0.259 e. The molecule has 1 unspecified atom stereocenters. The van der Waals surface area contributed by atoms with Crippen molar-refractivity contribution in [3.05, 3.63) is 24.3 Å². The molecule has 4 nitrogen and oxygen atoms in total. The minimum absolute atomic E-state index is 0.0464. The summed E-state index contributed by atoms with van der Waals surface area (Å²) in [5.41, 5.74) is 0.244. The van der Waals surface area contributed by atoms with Gasteiger partial charge in [0.25, 0.3) is 11.3 Å². The van der Waals surface area contributed by atoms with Crippen LogP contribution in [0.15, 0.2) is 24.3 Å². The largest absolute Gasteiger partial charge is 0.506 e. The lowest BCUT2D eigenvalue weighted by Gasteiger charge is -2.01. The minimum atomic E-state index is -2.14. The molecule has 60 valence electrons. The van der Waals surface area contributed by atoms with Crippen LogP contribution in [0.25, 0.3) is 0 Å². The van der Waals surface area contributed by atoms with Gasteiger partial charge in [0.1, 0.15) is 5.75 Å². The highest BCUT2D eigenvalue weighted by molar-refractivity contribution is 7.80. The Morgan fingerprint density at radius 3 is 2.55 bits per heavy atom. The van der Waals surface area contributed by atoms with Gasteiger partial charge in [-0.2, -0.15) is 0 Å². The van der Waals surface area contributed by atoms with E-state index in [2.05, 4.69) is 4.72 Å². The highest BCUT2D eigenvalue weighted by atomic mass is 32.2. The van der Waals surface area contributed by atoms with Crippen LogP contribution in [0.3, 0.4) is 0 Å². The van der Waals surface area contributed by atoms with E-state index in [1.54, 1.807) is 12.1 Å². The first-order valence-electron chi connectivity index (χ1n) is 2.85. The van der Waals surface area contributed by atoms with E-state index in [-0.39, 0.29) is 11.4 Å². The van der Waals surface area contributed by atoms with Gasteiger partial charge in [0.15, 0.2) is 0 Å². The smallest absolute Gasteiger partial charge is 0.259 e. The van der Waals surface area contributed by atoms with Gasteiger partial charge in [-0.05, 0) is 12.1 Å². The third kappa shape index (κ3) is 2.21. The molecule has 0 aliphatic carbocycles. The molecule has 0 amide bonds. The fraction of sp³-hybridized carbons (Fsp3) is 0. The summed E-state index contributed by atoms with van der Waals surface area (Å²) in [6.45, 7) is 0. The number of phenolic OH excluding ortho intramolecular Hbond substituents is 1. The van der Waals surface area contributed by atoms with Crippen LogP contribution in [0.5, 0.6) is 5.75 Å². The topological polar surface area (TPSA) is 69.6 Å². The minimum Gasteiger partial charge on any atom is -0.506 e. The average Bonchev–Trinajstić information content (AvgIpc) is 1.93. The molecule has 0 aliphatic rings. The van der Waals surface area contributed by atoms with Gasteiger partial charge in [-0.15, -0.1) is 0 Å². The highest BCUT2D eigenvalue weighted by Gasteiger charge is 1.99. The summed E-state index contributed by atoms with van der Waals surface area (Å²) < 4.78 is 20.7. The molecule has 1 rings (SSSR count). The number of phenols is 1. The third-order valence-corrected chi connectivity index (χ3v) is 1.50. The van der Waals surface area contributed by atoms with E-state index in [4.69, 9.17) is 9.66 Å². The van der Waals surface area contributed by atoms with Gasteiger partial charge < -0.3 is 5.11 Å². The normalized spacial score (nSPS) is 12.5. The number of rotatable bonds is 2. The maximum absolute atomic E-state index is 10.2. The lowest BCUT2D eigenvalue weighted by atomic mass is 10.3. The fourth-order valence-electron chi connectivity index (χ4n) is 0.654. The molecule has 0 saturated carbocycles. The first kappa shape index (κ1) is 8.03. The van der Waals surface area contributed by atoms with Gasteiger partial charge in [0, 0.05) is 0 Å². The zero-order valence-corrected chi connectivity index (χ0v) is 6.34. The molecule has 1 aromatic carbocycles. The standard InChI is InChI=1S/C6H7NO3S/c8-6-4-2-1-3-5(6)7-11(9)10/h1-4,7-8H,(H,9,10). The Morgan fingerprint density at radius 1 is 1.36 bits per heavy atom. The predicted octanol–water partition coefficient (Wildman–Crippen LogP) is 0.941. The van der Waals surface area contributed by atoms with Crippen molar-refractivity contribution in [2.75, 3.05) is 4.72 Å². The summed E-state index contributed by atoms with van der Waals surface area (Å²) in [5, 5.41) is 9.05. The van der Waals surface area contributed by atoms with Crippen LogP contribution in [0.4, 0.5) is 5.69 Å². The molecule has 0 spiro atoms. The number of hydrogen-bond acceptors (Lipinski definition) is 2. The summed E-state index contributed by atoms with van der Waals surface area (Å²) in [4.78, 5) is 0. The fourth-order valence-corrected chi connectivity index (χ4v) is 1.01. The van der Waals surface area contributed by atoms with Crippen LogP contribution in [-0.4, -0.2) is 13.9 Å². The first-order chi connectivity index (χ1) is 5.20. The number of anilines is 1. The number of para-hydroxylation sites is 2. The van der Waals surface area contributed by atoms with E-state index in [1.807, 2.05) is 0 Å². The summed E-state index contributed by atoms with van der Waals surface area (Å²) in [6, 6.07) is 6.20. The lowest BCUT2D eigenvalue weighted by molar-refractivity contribution is 0.477. The number of hydrogen-bond donors (Lipinski definition) is 3. The van der Waals surface area contributed by atoms with E-state index in [0.29, 0.717) is 0 Å². The second-order valence-electron chi connectivity index (χ2n) is 1.87. The van der Waals surface area contributed by atoms with Crippen LogP contribution >= 0.6 is 0 Å². The first-order valence-corrected chi connectivity index (χ1v) is 3.96. The van der Waals surface area contributed by atoms with E-state index in [1.165, 1.54) is 12.1 Å². The predicted molar refractivity (Wildman–Crippen MR) is 42.5 cm³/mol. The van der Waals surface area contributed by atoms with E-state index < -0.39 is 11.3 Å².